The summed E-state index contributed by atoms with van der Waals surface area (Å²) in [5.74, 6) is 1.52. The van der Waals surface area contributed by atoms with Crippen LogP contribution in [0, 0.1) is 6.92 Å². The molecule has 0 saturated carbocycles. The Bertz CT molecular complexity index is 2970. The van der Waals surface area contributed by atoms with Crippen molar-refractivity contribution in [1.82, 2.24) is 0 Å². The first kappa shape index (κ1) is 45.4. The van der Waals surface area contributed by atoms with Gasteiger partial charge in [-0.3, -0.25) is 9.59 Å². The average molecular weight is 909 g/mol. The third kappa shape index (κ3) is 9.65. The smallest absolute Gasteiger partial charge is 0.411 e. The van der Waals surface area contributed by atoms with Crippen LogP contribution in [0.4, 0.5) is 26.3 Å². The predicted octanol–water partition coefficient (Wildman–Crippen LogP) is 14.9. The second-order valence-corrected chi connectivity index (χ2v) is 15.4. The third-order valence-corrected chi connectivity index (χ3v) is 11.1. The standard InChI is InChI=1S/C55H38F6O6/c1-35-8-10-37(11-9-35)51(62)38-12-22-43(23-13-38)65-45-28-18-41(19-29-45)53(54(56,57)58,55(59,60)61)42-20-30-46(31-21-42)66-44-24-14-39(15-25-44)52(63)40-16-26-47(27-17-40)67-50-33-32-48(64-2)34-49(50)36-6-4-3-5-7-36/h3-34H,1-2H3. The maximum atomic E-state index is 15.0. The van der Waals surface area contributed by atoms with Gasteiger partial charge in [0, 0.05) is 27.8 Å². The summed E-state index contributed by atoms with van der Waals surface area (Å²) >= 11 is 0. The van der Waals surface area contributed by atoms with Crippen molar-refractivity contribution in [3.8, 4) is 51.4 Å². The van der Waals surface area contributed by atoms with Crippen LogP contribution in [0.1, 0.15) is 48.5 Å². The van der Waals surface area contributed by atoms with Crippen LogP contribution in [0.3, 0.4) is 0 Å². The molecule has 0 aromatic heterocycles. The summed E-state index contributed by atoms with van der Waals surface area (Å²) in [7, 11) is 1.58. The molecule has 8 aromatic carbocycles. The molecular formula is C55H38F6O6. The number of aryl methyl sites for hydroxylation is 1. The number of rotatable bonds is 14. The summed E-state index contributed by atoms with van der Waals surface area (Å²) in [5.41, 5.74) is -2.33. The number of benzene rings is 8. The Morgan fingerprint density at radius 2 is 0.746 bits per heavy atom. The van der Waals surface area contributed by atoms with E-state index in [1.54, 1.807) is 55.6 Å². The van der Waals surface area contributed by atoms with E-state index in [1.165, 1.54) is 48.5 Å². The molecule has 0 saturated heterocycles. The number of carbonyl (C=O) groups excluding carboxylic acids is 2. The monoisotopic (exact) mass is 908 g/mol. The average Bonchev–Trinajstić information content (AvgIpc) is 3.33. The highest BCUT2D eigenvalue weighted by Crippen LogP contribution is 2.56. The molecule has 67 heavy (non-hydrogen) atoms. The second kappa shape index (κ2) is 18.8. The van der Waals surface area contributed by atoms with Crippen LogP contribution < -0.4 is 18.9 Å². The minimum absolute atomic E-state index is 0.0258. The van der Waals surface area contributed by atoms with Crippen molar-refractivity contribution in [3.63, 3.8) is 0 Å². The van der Waals surface area contributed by atoms with Gasteiger partial charge in [-0.15, -0.1) is 0 Å². The van der Waals surface area contributed by atoms with Gasteiger partial charge in [-0.1, -0.05) is 84.4 Å². The van der Waals surface area contributed by atoms with Crippen molar-refractivity contribution in [1.29, 1.82) is 0 Å². The van der Waals surface area contributed by atoms with E-state index in [4.69, 9.17) is 18.9 Å². The Hall–Kier alpha value is -8.12. The molecular weight excluding hydrogens is 871 g/mol. The molecule has 0 spiro atoms. The van der Waals surface area contributed by atoms with Crippen LogP contribution >= 0.6 is 0 Å². The Morgan fingerprint density at radius 3 is 1.12 bits per heavy atom. The summed E-state index contributed by atoms with van der Waals surface area (Å²) in [4.78, 5) is 26.2. The second-order valence-electron chi connectivity index (χ2n) is 15.4. The van der Waals surface area contributed by atoms with Crippen molar-refractivity contribution in [2.75, 3.05) is 7.11 Å². The highest BCUT2D eigenvalue weighted by molar-refractivity contribution is 6.09. The Balaban J connectivity index is 0.941. The molecule has 12 heteroatoms. The maximum Gasteiger partial charge on any atom is 0.411 e. The summed E-state index contributed by atoms with van der Waals surface area (Å²) in [5, 5.41) is 0. The number of ketones is 2. The van der Waals surface area contributed by atoms with Crippen LogP contribution in [0.5, 0.6) is 40.2 Å². The van der Waals surface area contributed by atoms with Crippen LogP contribution in [0.2, 0.25) is 0 Å². The van der Waals surface area contributed by atoms with Gasteiger partial charge >= 0.3 is 12.4 Å². The molecule has 0 N–H and O–H groups in total. The molecule has 336 valence electrons. The van der Waals surface area contributed by atoms with Crippen molar-refractivity contribution in [2.45, 2.75) is 24.7 Å². The fourth-order valence-corrected chi connectivity index (χ4v) is 7.56. The molecule has 0 amide bonds. The Kier molecular flexibility index (Phi) is 12.7. The van der Waals surface area contributed by atoms with E-state index < -0.39 is 28.9 Å². The van der Waals surface area contributed by atoms with Crippen LogP contribution in [0.15, 0.2) is 194 Å². The lowest BCUT2D eigenvalue weighted by atomic mass is 9.73. The number of methoxy groups -OCH3 is 1. The van der Waals surface area contributed by atoms with Gasteiger partial charge < -0.3 is 18.9 Å². The zero-order valence-corrected chi connectivity index (χ0v) is 35.7. The number of ether oxygens (including phenoxy) is 4. The number of halogens is 6. The van der Waals surface area contributed by atoms with Crippen molar-refractivity contribution in [2.24, 2.45) is 0 Å². The normalized spacial score (nSPS) is 11.7. The van der Waals surface area contributed by atoms with Gasteiger partial charge in [0.15, 0.2) is 11.6 Å². The molecule has 0 aliphatic rings. The molecule has 0 atom stereocenters. The minimum Gasteiger partial charge on any atom is -0.497 e. The fraction of sp³-hybridized carbons (Fsp3) is 0.0909. The predicted molar refractivity (Wildman–Crippen MR) is 242 cm³/mol. The number of carbonyl (C=O) groups is 2. The third-order valence-electron chi connectivity index (χ3n) is 11.1. The summed E-state index contributed by atoms with van der Waals surface area (Å²) in [6, 6.07) is 47.6. The molecule has 0 unspecified atom stereocenters. The zero-order chi connectivity index (χ0) is 47.3. The summed E-state index contributed by atoms with van der Waals surface area (Å²) < 4.78 is 113. The Morgan fingerprint density at radius 1 is 0.403 bits per heavy atom. The van der Waals surface area contributed by atoms with Gasteiger partial charge in [-0.05, 0) is 139 Å². The quantitative estimate of drug-likeness (QED) is 0.0800. The number of hydrogen-bond acceptors (Lipinski definition) is 6. The molecule has 0 fully saturated rings. The van der Waals surface area contributed by atoms with Gasteiger partial charge in [0.25, 0.3) is 0 Å². The van der Waals surface area contributed by atoms with Crippen molar-refractivity contribution < 1.29 is 54.9 Å². The minimum atomic E-state index is -5.83. The van der Waals surface area contributed by atoms with E-state index in [2.05, 4.69) is 0 Å². The summed E-state index contributed by atoms with van der Waals surface area (Å²) in [6.45, 7) is 1.90. The van der Waals surface area contributed by atoms with E-state index in [0.717, 1.165) is 65.2 Å². The van der Waals surface area contributed by atoms with Gasteiger partial charge in [-0.25, -0.2) is 0 Å². The molecule has 0 bridgehead atoms. The number of hydrogen-bond donors (Lipinski definition) is 0. The van der Waals surface area contributed by atoms with E-state index in [-0.39, 0.29) is 34.6 Å². The molecule has 0 heterocycles. The van der Waals surface area contributed by atoms with Crippen molar-refractivity contribution >= 4 is 11.6 Å². The summed E-state index contributed by atoms with van der Waals surface area (Å²) in [6.07, 6.45) is -11.7. The largest absolute Gasteiger partial charge is 0.497 e. The Labute approximate surface area is 381 Å². The first-order valence-electron chi connectivity index (χ1n) is 20.7. The lowest BCUT2D eigenvalue weighted by Crippen LogP contribution is -2.54. The van der Waals surface area contributed by atoms with Gasteiger partial charge in [0.1, 0.15) is 40.2 Å². The molecule has 0 aliphatic heterocycles. The lowest BCUT2D eigenvalue weighted by molar-refractivity contribution is -0.288. The highest BCUT2D eigenvalue weighted by Gasteiger charge is 2.72. The molecule has 0 radical (unpaired) electrons. The van der Waals surface area contributed by atoms with Gasteiger partial charge in [0.05, 0.1) is 7.11 Å². The van der Waals surface area contributed by atoms with Gasteiger partial charge in [0.2, 0.25) is 5.41 Å². The first-order valence-corrected chi connectivity index (χ1v) is 20.7. The van der Waals surface area contributed by atoms with E-state index >= 15 is 0 Å². The van der Waals surface area contributed by atoms with Crippen LogP contribution in [-0.4, -0.2) is 31.0 Å². The van der Waals surface area contributed by atoms with E-state index in [9.17, 15) is 35.9 Å². The topological polar surface area (TPSA) is 71.1 Å². The molecule has 6 nitrogen and oxygen atoms in total. The lowest BCUT2D eigenvalue weighted by Gasteiger charge is -2.38. The zero-order valence-electron chi connectivity index (χ0n) is 35.7. The molecule has 8 aromatic rings. The maximum absolute atomic E-state index is 15.0. The van der Waals surface area contributed by atoms with Gasteiger partial charge in [-0.2, -0.15) is 26.3 Å². The SMILES string of the molecule is COc1ccc(Oc2ccc(C(=O)c3ccc(Oc4ccc(C(c5ccc(Oc6ccc(C(=O)c7ccc(C)cc7)cc6)cc5)(C(F)(F)F)C(F)(F)F)cc4)cc3)cc2)c(-c2ccccc2)c1. The molecule has 8 rings (SSSR count). The van der Waals surface area contributed by atoms with Crippen LogP contribution in [-0.2, 0) is 5.41 Å². The van der Waals surface area contributed by atoms with Crippen LogP contribution in [0.25, 0.3) is 11.1 Å². The molecule has 0 aliphatic carbocycles. The highest BCUT2D eigenvalue weighted by atomic mass is 19.4. The van der Waals surface area contributed by atoms with E-state index in [0.29, 0.717) is 39.5 Å². The number of alkyl halides is 6. The van der Waals surface area contributed by atoms with E-state index in [1.807, 2.05) is 55.5 Å². The van der Waals surface area contributed by atoms with Crippen molar-refractivity contribution in [3.05, 3.63) is 233 Å². The first-order chi connectivity index (χ1) is 32.1. The fourth-order valence-electron chi connectivity index (χ4n) is 7.56.